The highest BCUT2D eigenvalue weighted by atomic mass is 15.3. The van der Waals surface area contributed by atoms with Crippen molar-refractivity contribution in [3.63, 3.8) is 0 Å². The highest BCUT2D eigenvalue weighted by Gasteiger charge is 2.26. The van der Waals surface area contributed by atoms with Gasteiger partial charge in [-0.2, -0.15) is 9.97 Å². The molecule has 2 atom stereocenters. The quantitative estimate of drug-likeness (QED) is 0.460. The van der Waals surface area contributed by atoms with E-state index in [-0.39, 0.29) is 6.04 Å². The first-order valence-electron chi connectivity index (χ1n) is 14.5. The number of hydrogen-bond acceptors (Lipinski definition) is 9. The van der Waals surface area contributed by atoms with Gasteiger partial charge < -0.3 is 25.3 Å². The van der Waals surface area contributed by atoms with Gasteiger partial charge in [0.1, 0.15) is 11.6 Å². The van der Waals surface area contributed by atoms with Crippen molar-refractivity contribution in [3.05, 3.63) is 59.4 Å². The molecule has 1 fully saturated rings. The van der Waals surface area contributed by atoms with Crippen LogP contribution in [0.3, 0.4) is 0 Å². The summed E-state index contributed by atoms with van der Waals surface area (Å²) < 4.78 is 0. The average molecular weight is 544 g/mol. The van der Waals surface area contributed by atoms with Gasteiger partial charge in [-0.25, -0.2) is 0 Å². The topological polar surface area (TPSA) is 80.9 Å². The van der Waals surface area contributed by atoms with E-state index in [1.165, 1.54) is 16.7 Å². The van der Waals surface area contributed by atoms with Gasteiger partial charge >= 0.3 is 0 Å². The Kier molecular flexibility index (Phi) is 8.54. The number of aromatic nitrogens is 3. The maximum absolute atomic E-state index is 6.22. The van der Waals surface area contributed by atoms with E-state index in [9.17, 15) is 0 Å². The number of nitrogens with two attached hydrogens (primary N) is 1. The third-order valence-corrected chi connectivity index (χ3v) is 8.54. The summed E-state index contributed by atoms with van der Waals surface area (Å²) in [6.45, 7) is 11.3. The summed E-state index contributed by atoms with van der Waals surface area (Å²) in [5.74, 6) is 2.17. The Bertz CT molecular complexity index is 1280. The number of nitrogen functional groups attached to an aromatic ring is 1. The van der Waals surface area contributed by atoms with Gasteiger partial charge in [0, 0.05) is 75.7 Å². The summed E-state index contributed by atoms with van der Waals surface area (Å²) in [5, 5.41) is 0. The number of fused-ring (bicyclic) bond motifs is 1. The molecule has 5 rings (SSSR count). The third-order valence-electron chi connectivity index (χ3n) is 8.54. The summed E-state index contributed by atoms with van der Waals surface area (Å²) in [6.07, 6.45) is 2.99. The fourth-order valence-electron chi connectivity index (χ4n) is 5.61. The highest BCUT2D eigenvalue weighted by Crippen LogP contribution is 2.32. The van der Waals surface area contributed by atoms with Crippen LogP contribution in [0, 0.1) is 0 Å². The Morgan fingerprint density at radius 2 is 1.65 bits per heavy atom. The van der Waals surface area contributed by atoms with Crippen LogP contribution in [0.5, 0.6) is 0 Å². The van der Waals surface area contributed by atoms with E-state index in [0.29, 0.717) is 12.0 Å². The molecule has 0 radical (unpaired) electrons. The van der Waals surface area contributed by atoms with E-state index >= 15 is 0 Å². The molecule has 2 unspecified atom stereocenters. The maximum Gasteiger partial charge on any atom is 0.223 e. The Morgan fingerprint density at radius 1 is 0.925 bits per heavy atom. The molecular formula is C31H45N9. The molecule has 9 nitrogen and oxygen atoms in total. The van der Waals surface area contributed by atoms with E-state index in [2.05, 4.69) is 113 Å². The Hall–Kier alpha value is -3.27. The molecule has 1 saturated heterocycles. The lowest BCUT2D eigenvalue weighted by Gasteiger charge is -2.37. The van der Waals surface area contributed by atoms with E-state index < -0.39 is 0 Å². The van der Waals surface area contributed by atoms with Crippen molar-refractivity contribution in [2.45, 2.75) is 38.9 Å². The van der Waals surface area contributed by atoms with Gasteiger partial charge in [-0.1, -0.05) is 18.2 Å². The Morgan fingerprint density at radius 3 is 2.35 bits per heavy atom. The SMILES string of the molecule is CC(c1ccc(-c2ccc3c(c2)CN(c2cc(N4CCN(C)CC4)nc(N)n2)C(C)C3)cn1)N(C)CCN(C)C. The molecule has 0 amide bonds. The number of nitrogens with zero attached hydrogens (tertiary/aromatic N) is 8. The second kappa shape index (κ2) is 12.1. The molecule has 0 aliphatic carbocycles. The number of likely N-dealkylation sites (N-methyl/N-ethyl adjacent to an activating group) is 3. The number of piperazine rings is 1. The molecule has 4 heterocycles. The van der Waals surface area contributed by atoms with Gasteiger partial charge in [0.2, 0.25) is 5.95 Å². The molecule has 1 aromatic carbocycles. The minimum atomic E-state index is 0.267. The molecule has 2 aromatic heterocycles. The first-order chi connectivity index (χ1) is 19.2. The van der Waals surface area contributed by atoms with Crippen LogP contribution in [0.25, 0.3) is 11.1 Å². The van der Waals surface area contributed by atoms with Crippen molar-refractivity contribution in [2.24, 2.45) is 0 Å². The van der Waals surface area contributed by atoms with Crippen molar-refractivity contribution < 1.29 is 0 Å². The summed E-state index contributed by atoms with van der Waals surface area (Å²) in [5.41, 5.74) is 12.4. The predicted molar refractivity (Wildman–Crippen MR) is 165 cm³/mol. The highest BCUT2D eigenvalue weighted by molar-refractivity contribution is 5.65. The van der Waals surface area contributed by atoms with Crippen LogP contribution >= 0.6 is 0 Å². The lowest BCUT2D eigenvalue weighted by molar-refractivity contribution is 0.228. The minimum Gasteiger partial charge on any atom is -0.368 e. The summed E-state index contributed by atoms with van der Waals surface area (Å²) in [6, 6.07) is 13.9. The zero-order chi connectivity index (χ0) is 28.4. The summed E-state index contributed by atoms with van der Waals surface area (Å²) >= 11 is 0. The summed E-state index contributed by atoms with van der Waals surface area (Å²) in [4.78, 5) is 25.7. The molecular weight excluding hydrogens is 498 g/mol. The van der Waals surface area contributed by atoms with E-state index in [4.69, 9.17) is 10.7 Å². The average Bonchev–Trinajstić information content (AvgIpc) is 2.95. The summed E-state index contributed by atoms with van der Waals surface area (Å²) in [7, 11) is 8.55. The first-order valence-corrected chi connectivity index (χ1v) is 14.5. The molecule has 0 saturated carbocycles. The molecule has 2 aliphatic rings. The number of benzene rings is 1. The second-order valence-electron chi connectivity index (χ2n) is 11.8. The van der Waals surface area contributed by atoms with Crippen molar-refractivity contribution >= 4 is 17.6 Å². The lowest BCUT2D eigenvalue weighted by atomic mass is 9.91. The standard InChI is InChI=1S/C31H45N9/c1-22-17-24-7-8-25(26-9-10-28(33-20-26)23(2)38(6)14-11-36(3)4)18-27(24)21-40(22)30-19-29(34-31(32)35-30)39-15-12-37(5)13-16-39/h7-10,18-20,22-23H,11-17,21H2,1-6H3,(H2,32,34,35). The second-order valence-corrected chi connectivity index (χ2v) is 11.8. The number of pyridine rings is 1. The van der Waals surface area contributed by atoms with E-state index in [0.717, 1.165) is 75.1 Å². The van der Waals surface area contributed by atoms with Gasteiger partial charge in [-0.3, -0.25) is 9.88 Å². The van der Waals surface area contributed by atoms with E-state index in [1.807, 2.05) is 6.20 Å². The van der Waals surface area contributed by atoms with Gasteiger partial charge in [-0.15, -0.1) is 0 Å². The van der Waals surface area contributed by atoms with Crippen LogP contribution in [0.15, 0.2) is 42.6 Å². The zero-order valence-electron chi connectivity index (χ0n) is 25.0. The van der Waals surface area contributed by atoms with E-state index in [1.54, 1.807) is 0 Å². The van der Waals surface area contributed by atoms with Crippen LogP contribution in [0.2, 0.25) is 0 Å². The molecule has 40 heavy (non-hydrogen) atoms. The van der Waals surface area contributed by atoms with Crippen molar-refractivity contribution in [3.8, 4) is 11.1 Å². The number of rotatable bonds is 8. The fourth-order valence-corrected chi connectivity index (χ4v) is 5.61. The largest absolute Gasteiger partial charge is 0.368 e. The van der Waals surface area contributed by atoms with Crippen LogP contribution in [-0.4, -0.2) is 103 Å². The van der Waals surface area contributed by atoms with Crippen LogP contribution in [0.4, 0.5) is 17.6 Å². The first kappa shape index (κ1) is 28.3. The van der Waals surface area contributed by atoms with Gasteiger partial charge in [0.15, 0.2) is 0 Å². The lowest BCUT2D eigenvalue weighted by Crippen LogP contribution is -2.45. The molecule has 0 bridgehead atoms. The normalized spacial score (nSPS) is 18.9. The van der Waals surface area contributed by atoms with Gasteiger partial charge in [0.05, 0.1) is 5.69 Å². The van der Waals surface area contributed by atoms with Crippen LogP contribution < -0.4 is 15.5 Å². The van der Waals surface area contributed by atoms with Crippen molar-refractivity contribution in [1.29, 1.82) is 0 Å². The van der Waals surface area contributed by atoms with Crippen LogP contribution in [0.1, 0.15) is 36.7 Å². The molecule has 9 heteroatoms. The van der Waals surface area contributed by atoms with Crippen LogP contribution in [-0.2, 0) is 13.0 Å². The fraction of sp³-hybridized carbons (Fsp3) is 0.516. The van der Waals surface area contributed by atoms with Gasteiger partial charge in [0.25, 0.3) is 0 Å². The predicted octanol–water partition coefficient (Wildman–Crippen LogP) is 3.38. The molecule has 2 N–H and O–H groups in total. The molecule has 214 valence electrons. The molecule has 0 spiro atoms. The Balaban J connectivity index is 1.33. The Labute approximate surface area is 239 Å². The smallest absolute Gasteiger partial charge is 0.223 e. The number of hydrogen-bond donors (Lipinski definition) is 1. The maximum atomic E-state index is 6.22. The molecule has 2 aliphatic heterocycles. The zero-order valence-corrected chi connectivity index (χ0v) is 25.0. The van der Waals surface area contributed by atoms with Gasteiger partial charge in [-0.05, 0) is 77.3 Å². The van der Waals surface area contributed by atoms with Crippen molar-refractivity contribution in [1.82, 2.24) is 29.7 Å². The monoisotopic (exact) mass is 543 g/mol. The minimum absolute atomic E-state index is 0.267. The third kappa shape index (κ3) is 6.37. The number of anilines is 3. The van der Waals surface area contributed by atoms with Crippen molar-refractivity contribution in [2.75, 3.05) is 83.0 Å². The molecule has 3 aromatic rings.